The van der Waals surface area contributed by atoms with Gasteiger partial charge in [-0.1, -0.05) is 48.5 Å². The minimum atomic E-state index is -1.17. The Morgan fingerprint density at radius 1 is 0.972 bits per heavy atom. The van der Waals surface area contributed by atoms with Gasteiger partial charge in [0, 0.05) is 18.5 Å². The molecule has 3 rings (SSSR count). The number of hydrogen-bond donors (Lipinski definition) is 4. The van der Waals surface area contributed by atoms with Crippen LogP contribution >= 0.6 is 0 Å². The van der Waals surface area contributed by atoms with Crippen LogP contribution in [0.3, 0.4) is 0 Å². The average molecular weight is 495 g/mol. The third kappa shape index (κ3) is 7.14. The molecule has 0 spiro atoms. The van der Waals surface area contributed by atoms with E-state index in [9.17, 15) is 29.1 Å². The van der Waals surface area contributed by atoms with Gasteiger partial charge in [-0.3, -0.25) is 19.2 Å². The highest BCUT2D eigenvalue weighted by molar-refractivity contribution is 5.97. The summed E-state index contributed by atoms with van der Waals surface area (Å²) >= 11 is 0. The van der Waals surface area contributed by atoms with Gasteiger partial charge in [-0.05, 0) is 37.5 Å². The molecular formula is C26H30N4O6. The summed E-state index contributed by atoms with van der Waals surface area (Å²) in [5.74, 6) is -3.12. The van der Waals surface area contributed by atoms with E-state index in [2.05, 4.69) is 16.0 Å². The van der Waals surface area contributed by atoms with Crippen molar-refractivity contribution in [3.05, 3.63) is 71.8 Å². The first kappa shape index (κ1) is 26.4. The third-order valence-electron chi connectivity index (χ3n) is 5.93. The highest BCUT2D eigenvalue weighted by Gasteiger charge is 2.37. The van der Waals surface area contributed by atoms with Gasteiger partial charge in [-0.15, -0.1) is 0 Å². The van der Waals surface area contributed by atoms with E-state index in [0.29, 0.717) is 24.9 Å². The molecule has 0 unspecified atom stereocenters. The molecule has 190 valence electrons. The lowest BCUT2D eigenvalue weighted by molar-refractivity contribution is -0.144. The second kappa shape index (κ2) is 12.5. The van der Waals surface area contributed by atoms with Crippen molar-refractivity contribution in [2.45, 2.75) is 44.3 Å². The quantitative estimate of drug-likeness (QED) is 0.383. The standard InChI is InChI=1S/C26H30N4O6/c1-17(28-22(31)16-27-23(32)19-11-6-3-7-12-19)25(34)30-14-8-13-21(30)24(33)29-20(26(35)36)15-18-9-4-2-5-10-18/h2-7,9-12,17,20-21H,8,13-16H2,1H3,(H,27,32)(H,28,31)(H,29,33)(H,35,36)/t17-,20-,21-/m0/s1. The third-order valence-corrected chi connectivity index (χ3v) is 5.93. The van der Waals surface area contributed by atoms with Gasteiger partial charge in [0.2, 0.25) is 17.7 Å². The number of carbonyl (C=O) groups excluding carboxylic acids is 4. The monoisotopic (exact) mass is 494 g/mol. The molecule has 0 aromatic heterocycles. The van der Waals surface area contributed by atoms with Crippen LogP contribution in [0, 0.1) is 0 Å². The first-order valence-corrected chi connectivity index (χ1v) is 11.8. The van der Waals surface area contributed by atoms with Crippen LogP contribution < -0.4 is 16.0 Å². The Hall–Kier alpha value is -4.21. The fourth-order valence-electron chi connectivity index (χ4n) is 4.08. The smallest absolute Gasteiger partial charge is 0.326 e. The SMILES string of the molecule is C[C@H](NC(=O)CNC(=O)c1ccccc1)C(=O)N1CCC[C@H]1C(=O)N[C@@H](Cc1ccccc1)C(=O)O. The summed E-state index contributed by atoms with van der Waals surface area (Å²) in [6.45, 7) is 1.51. The van der Waals surface area contributed by atoms with E-state index < -0.39 is 47.7 Å². The van der Waals surface area contributed by atoms with E-state index in [1.54, 1.807) is 54.6 Å². The lowest BCUT2D eigenvalue weighted by atomic mass is 10.1. The zero-order chi connectivity index (χ0) is 26.1. The molecule has 0 saturated carbocycles. The van der Waals surface area contributed by atoms with Crippen molar-refractivity contribution < 1.29 is 29.1 Å². The van der Waals surface area contributed by atoms with Crippen LogP contribution in [0.15, 0.2) is 60.7 Å². The lowest BCUT2D eigenvalue weighted by Crippen LogP contribution is -2.55. The maximum atomic E-state index is 13.0. The topological polar surface area (TPSA) is 145 Å². The van der Waals surface area contributed by atoms with Gasteiger partial charge in [0.15, 0.2) is 0 Å². The predicted octanol–water partition coefficient (Wildman–Crippen LogP) is 0.724. The first-order valence-electron chi connectivity index (χ1n) is 11.8. The minimum absolute atomic E-state index is 0.115. The normalized spacial score (nSPS) is 16.5. The number of aliphatic carboxylic acids is 1. The van der Waals surface area contributed by atoms with Crippen LogP contribution in [0.2, 0.25) is 0 Å². The Bertz CT molecular complexity index is 1090. The Morgan fingerprint density at radius 3 is 2.25 bits per heavy atom. The van der Waals surface area contributed by atoms with Crippen molar-refractivity contribution in [1.29, 1.82) is 0 Å². The van der Waals surface area contributed by atoms with Crippen molar-refractivity contribution in [3.63, 3.8) is 0 Å². The molecule has 0 radical (unpaired) electrons. The van der Waals surface area contributed by atoms with Gasteiger partial charge < -0.3 is 26.0 Å². The molecule has 1 aliphatic rings. The molecule has 10 nitrogen and oxygen atoms in total. The molecule has 10 heteroatoms. The number of benzene rings is 2. The summed E-state index contributed by atoms with van der Waals surface area (Å²) in [4.78, 5) is 63.4. The fourth-order valence-corrected chi connectivity index (χ4v) is 4.08. The molecule has 3 atom stereocenters. The molecule has 4 amide bonds. The van der Waals surface area contributed by atoms with Crippen LogP contribution in [0.1, 0.15) is 35.7 Å². The van der Waals surface area contributed by atoms with Gasteiger partial charge in [-0.25, -0.2) is 4.79 Å². The van der Waals surface area contributed by atoms with Crippen molar-refractivity contribution in [2.24, 2.45) is 0 Å². The molecule has 4 N–H and O–H groups in total. The average Bonchev–Trinajstić information content (AvgIpc) is 3.37. The highest BCUT2D eigenvalue weighted by Crippen LogP contribution is 2.19. The Kier molecular flexibility index (Phi) is 9.15. The van der Waals surface area contributed by atoms with E-state index in [1.165, 1.54) is 11.8 Å². The van der Waals surface area contributed by atoms with Gasteiger partial charge in [0.05, 0.1) is 6.54 Å². The Balaban J connectivity index is 1.53. The van der Waals surface area contributed by atoms with E-state index in [0.717, 1.165) is 5.56 Å². The number of likely N-dealkylation sites (tertiary alicyclic amines) is 1. The molecule has 1 fully saturated rings. The minimum Gasteiger partial charge on any atom is -0.480 e. The molecule has 2 aromatic carbocycles. The van der Waals surface area contributed by atoms with E-state index in [-0.39, 0.29) is 13.0 Å². The van der Waals surface area contributed by atoms with Crippen LogP contribution in [0.5, 0.6) is 0 Å². The van der Waals surface area contributed by atoms with Crippen LogP contribution in [0.25, 0.3) is 0 Å². The second-order valence-electron chi connectivity index (χ2n) is 8.62. The maximum Gasteiger partial charge on any atom is 0.326 e. The Labute approximate surface area is 209 Å². The van der Waals surface area contributed by atoms with Crippen molar-refractivity contribution in [1.82, 2.24) is 20.9 Å². The van der Waals surface area contributed by atoms with Gasteiger partial charge in [-0.2, -0.15) is 0 Å². The molecular weight excluding hydrogens is 464 g/mol. The largest absolute Gasteiger partial charge is 0.480 e. The molecule has 1 heterocycles. The maximum absolute atomic E-state index is 13.0. The second-order valence-corrected chi connectivity index (χ2v) is 8.62. The van der Waals surface area contributed by atoms with Gasteiger partial charge in [0.25, 0.3) is 5.91 Å². The molecule has 0 bridgehead atoms. The lowest BCUT2D eigenvalue weighted by Gasteiger charge is -2.28. The van der Waals surface area contributed by atoms with Crippen molar-refractivity contribution in [3.8, 4) is 0 Å². The first-order chi connectivity index (χ1) is 17.3. The number of carboxylic acids is 1. The number of nitrogens with zero attached hydrogens (tertiary/aromatic N) is 1. The number of nitrogens with one attached hydrogen (secondary N) is 3. The summed E-state index contributed by atoms with van der Waals surface area (Å²) in [6, 6.07) is 14.5. The zero-order valence-electron chi connectivity index (χ0n) is 20.0. The molecule has 2 aromatic rings. The van der Waals surface area contributed by atoms with E-state index >= 15 is 0 Å². The van der Waals surface area contributed by atoms with Crippen molar-refractivity contribution >= 4 is 29.6 Å². The molecule has 0 aliphatic carbocycles. The molecule has 1 saturated heterocycles. The number of carbonyl (C=O) groups is 5. The summed E-state index contributed by atoms with van der Waals surface area (Å²) in [7, 11) is 0. The Morgan fingerprint density at radius 2 is 1.61 bits per heavy atom. The zero-order valence-corrected chi connectivity index (χ0v) is 20.0. The van der Waals surface area contributed by atoms with E-state index in [4.69, 9.17) is 0 Å². The van der Waals surface area contributed by atoms with Gasteiger partial charge in [0.1, 0.15) is 18.1 Å². The van der Waals surface area contributed by atoms with Crippen LogP contribution in [0.4, 0.5) is 0 Å². The van der Waals surface area contributed by atoms with E-state index in [1.807, 2.05) is 6.07 Å². The summed E-state index contributed by atoms with van der Waals surface area (Å²) in [5.41, 5.74) is 1.17. The fraction of sp³-hybridized carbons (Fsp3) is 0.346. The predicted molar refractivity (Wildman–Crippen MR) is 131 cm³/mol. The number of rotatable bonds is 10. The van der Waals surface area contributed by atoms with Gasteiger partial charge >= 0.3 is 5.97 Å². The number of hydrogen-bond acceptors (Lipinski definition) is 5. The number of carboxylic acid groups (broad SMARTS) is 1. The molecule has 1 aliphatic heterocycles. The van der Waals surface area contributed by atoms with Crippen LogP contribution in [-0.2, 0) is 25.6 Å². The summed E-state index contributed by atoms with van der Waals surface area (Å²) in [5, 5.41) is 17.2. The highest BCUT2D eigenvalue weighted by atomic mass is 16.4. The van der Waals surface area contributed by atoms with Crippen molar-refractivity contribution in [2.75, 3.05) is 13.1 Å². The molecule has 36 heavy (non-hydrogen) atoms. The number of amides is 4. The van der Waals surface area contributed by atoms with Crippen LogP contribution in [-0.4, -0.2) is 70.8 Å². The summed E-state index contributed by atoms with van der Waals surface area (Å²) in [6.07, 6.45) is 1.08. The summed E-state index contributed by atoms with van der Waals surface area (Å²) < 4.78 is 0.